The number of sulfonamides is 3. The number of aryl methyl sites for hydroxylation is 3. The molecule has 15 nitrogen and oxygen atoms in total. The first-order valence-corrected chi connectivity index (χ1v) is 18.3. The van der Waals surface area contributed by atoms with E-state index in [-0.39, 0.29) is 24.2 Å². The summed E-state index contributed by atoms with van der Waals surface area (Å²) >= 11 is 0. The maximum absolute atomic E-state index is 11.1. The Bertz CT molecular complexity index is 1680. The first-order valence-electron chi connectivity index (χ1n) is 13.6. The van der Waals surface area contributed by atoms with Crippen molar-refractivity contribution < 1.29 is 25.3 Å². The minimum Gasteiger partial charge on any atom is -0.241 e. The lowest BCUT2D eigenvalue weighted by molar-refractivity contribution is 0.563. The van der Waals surface area contributed by atoms with Gasteiger partial charge in [-0.1, -0.05) is 21.3 Å². The Labute approximate surface area is 273 Å². The summed E-state index contributed by atoms with van der Waals surface area (Å²) in [5.74, 6) is 0.776. The maximum Gasteiger partial charge on any atom is 0.234 e. The molecule has 0 bridgehead atoms. The highest BCUT2D eigenvalue weighted by molar-refractivity contribution is 7.93. The van der Waals surface area contributed by atoms with Crippen molar-refractivity contribution in [2.45, 2.75) is 92.1 Å². The predicted molar refractivity (Wildman–Crippen MR) is 180 cm³/mol. The average Bonchev–Trinajstić information content (AvgIpc) is 2.95. The molecule has 18 heteroatoms. The summed E-state index contributed by atoms with van der Waals surface area (Å²) < 4.78 is 66.7. The molecule has 46 heavy (non-hydrogen) atoms. The summed E-state index contributed by atoms with van der Waals surface area (Å²) in [7, 11) is -10.7. The number of nitrogens with zero attached hydrogens (tertiary/aromatic N) is 6. The summed E-state index contributed by atoms with van der Waals surface area (Å²) in [5.41, 5.74) is 3.26. The molecule has 0 fully saturated rings. The van der Waals surface area contributed by atoms with Gasteiger partial charge >= 0.3 is 0 Å². The number of nitrogens with two attached hydrogens (primary N) is 3. The van der Waals surface area contributed by atoms with E-state index in [0.29, 0.717) is 23.0 Å². The molecule has 0 aromatic carbocycles. The molecule has 0 aliphatic carbocycles. The van der Waals surface area contributed by atoms with E-state index in [1.165, 1.54) is 6.92 Å². The van der Waals surface area contributed by atoms with Gasteiger partial charge in [0.25, 0.3) is 0 Å². The zero-order valence-corrected chi connectivity index (χ0v) is 29.3. The summed E-state index contributed by atoms with van der Waals surface area (Å²) in [6.07, 6.45) is 9.90. The fourth-order valence-corrected chi connectivity index (χ4v) is 5.12. The zero-order chi connectivity index (χ0) is 34.9. The van der Waals surface area contributed by atoms with Gasteiger partial charge in [-0.15, -0.1) is 0 Å². The number of hydrogen-bond acceptors (Lipinski definition) is 12. The Balaban J connectivity index is 0.000000653. The first kappa shape index (κ1) is 42.7. The van der Waals surface area contributed by atoms with E-state index in [0.717, 1.165) is 16.7 Å². The van der Waals surface area contributed by atoms with Gasteiger partial charge in [-0.05, 0) is 65.2 Å². The van der Waals surface area contributed by atoms with Crippen molar-refractivity contribution in [2.75, 3.05) is 0 Å². The molecular formula is C28H47N9O6S3. The summed E-state index contributed by atoms with van der Waals surface area (Å²) in [6, 6.07) is 0. The third-order valence-corrected chi connectivity index (χ3v) is 11.0. The van der Waals surface area contributed by atoms with Crippen LogP contribution in [0.1, 0.15) is 95.0 Å². The maximum atomic E-state index is 11.1. The highest BCUT2D eigenvalue weighted by Gasteiger charge is 2.27. The zero-order valence-electron chi connectivity index (χ0n) is 26.9. The van der Waals surface area contributed by atoms with Gasteiger partial charge in [0, 0.05) is 54.6 Å². The number of rotatable bonds is 8. The molecule has 0 spiro atoms. The van der Waals surface area contributed by atoms with Crippen LogP contribution in [0, 0.1) is 20.8 Å². The molecule has 3 aromatic heterocycles. The van der Waals surface area contributed by atoms with Crippen LogP contribution in [-0.4, -0.2) is 65.7 Å². The quantitative estimate of drug-likeness (QED) is 0.306. The topological polar surface area (TPSA) is 258 Å². The highest BCUT2D eigenvalue weighted by atomic mass is 32.2. The van der Waals surface area contributed by atoms with E-state index in [1.807, 2.05) is 20.8 Å². The Morgan fingerprint density at radius 2 is 0.826 bits per heavy atom. The van der Waals surface area contributed by atoms with Gasteiger partial charge in [-0.2, -0.15) is 0 Å². The number of aromatic nitrogens is 6. The van der Waals surface area contributed by atoms with E-state index in [1.54, 1.807) is 71.8 Å². The molecule has 0 radical (unpaired) electrons. The Kier molecular flexibility index (Phi) is 16.3. The van der Waals surface area contributed by atoms with Crippen LogP contribution >= 0.6 is 0 Å². The van der Waals surface area contributed by atoms with Crippen molar-refractivity contribution >= 4 is 35.6 Å². The van der Waals surface area contributed by atoms with Crippen LogP contribution in [-0.2, 0) is 30.1 Å². The number of primary sulfonamides is 3. The summed E-state index contributed by atoms with van der Waals surface area (Å²) in [6.45, 7) is 15.3. The molecule has 3 rings (SSSR count). The number of allylic oxidation sites excluding steroid dienone is 2. The SMILES string of the molecule is C.C/C(=C(\C)S(N)(=O)=O)c1ncc(C)cn1.Cc1cnc([C@@H](C)[C@@H](C)S(N)(=O)=O)nc1.Cc1cnc([C@H](C)[C@H](C)S(N)(=O)=O)nc1. The fourth-order valence-electron chi connectivity index (χ4n) is 3.22. The lowest BCUT2D eigenvalue weighted by atomic mass is 10.1. The van der Waals surface area contributed by atoms with Gasteiger partial charge < -0.3 is 0 Å². The van der Waals surface area contributed by atoms with Gasteiger partial charge in [0.2, 0.25) is 30.1 Å². The van der Waals surface area contributed by atoms with Crippen molar-refractivity contribution in [1.29, 1.82) is 0 Å². The third-order valence-electron chi connectivity index (χ3n) is 6.93. The molecule has 0 saturated carbocycles. The number of hydrogen-bond donors (Lipinski definition) is 3. The highest BCUT2D eigenvalue weighted by Crippen LogP contribution is 2.20. The molecule has 0 amide bonds. The predicted octanol–water partition coefficient (Wildman–Crippen LogP) is 2.59. The molecule has 258 valence electrons. The summed E-state index contributed by atoms with van der Waals surface area (Å²) in [5, 5.41) is 13.8. The minimum atomic E-state index is -3.66. The van der Waals surface area contributed by atoms with Crippen LogP contribution in [0.15, 0.2) is 42.1 Å². The van der Waals surface area contributed by atoms with E-state index < -0.39 is 40.6 Å². The Hall–Kier alpha value is -3.29. The van der Waals surface area contributed by atoms with E-state index in [9.17, 15) is 25.3 Å². The van der Waals surface area contributed by atoms with Crippen LogP contribution in [0.3, 0.4) is 0 Å². The lowest BCUT2D eigenvalue weighted by Crippen LogP contribution is -2.31. The van der Waals surface area contributed by atoms with E-state index >= 15 is 0 Å². The monoisotopic (exact) mass is 701 g/mol. The smallest absolute Gasteiger partial charge is 0.234 e. The van der Waals surface area contributed by atoms with Gasteiger partial charge in [0.15, 0.2) is 5.82 Å². The van der Waals surface area contributed by atoms with Gasteiger partial charge in [-0.25, -0.2) is 70.6 Å². The van der Waals surface area contributed by atoms with Crippen LogP contribution in [0.25, 0.3) is 5.57 Å². The van der Waals surface area contributed by atoms with Crippen LogP contribution in [0.5, 0.6) is 0 Å². The van der Waals surface area contributed by atoms with Crippen LogP contribution in [0.2, 0.25) is 0 Å². The van der Waals surface area contributed by atoms with Crippen molar-refractivity contribution in [1.82, 2.24) is 29.9 Å². The Morgan fingerprint density at radius 3 is 1.07 bits per heavy atom. The second kappa shape index (κ2) is 17.6. The minimum absolute atomic E-state index is 0. The van der Waals surface area contributed by atoms with Crippen molar-refractivity contribution in [2.24, 2.45) is 15.4 Å². The van der Waals surface area contributed by atoms with Crippen LogP contribution < -0.4 is 15.4 Å². The molecule has 3 heterocycles. The second-order valence-electron chi connectivity index (χ2n) is 10.7. The van der Waals surface area contributed by atoms with E-state index in [4.69, 9.17) is 15.4 Å². The van der Waals surface area contributed by atoms with Crippen LogP contribution in [0.4, 0.5) is 0 Å². The molecule has 3 aromatic rings. The van der Waals surface area contributed by atoms with Gasteiger partial charge in [0.05, 0.1) is 15.4 Å². The molecule has 6 N–H and O–H groups in total. The normalized spacial score (nSPS) is 14.9. The average molecular weight is 702 g/mol. The van der Waals surface area contributed by atoms with Gasteiger partial charge in [0.1, 0.15) is 11.6 Å². The van der Waals surface area contributed by atoms with Crippen molar-refractivity contribution in [3.05, 3.63) is 76.2 Å². The summed E-state index contributed by atoms with van der Waals surface area (Å²) in [4.78, 5) is 24.5. The Morgan fingerprint density at radius 1 is 0.565 bits per heavy atom. The fraction of sp³-hybridized carbons (Fsp3) is 0.500. The molecular weight excluding hydrogens is 655 g/mol. The van der Waals surface area contributed by atoms with Gasteiger partial charge in [-0.3, -0.25) is 0 Å². The van der Waals surface area contributed by atoms with Crippen molar-refractivity contribution in [3.8, 4) is 0 Å². The standard InChI is InChI=1S/2C9H15N3O2S.C9H13N3O2S.CH4/c3*1-6-4-11-9(12-5-6)7(2)8(3)15(10,13)14;/h2*4-5,7-8H,1-3H3,(H2,10,13,14);4-5H,1-3H3,(H2,10,13,14);1H4/b;;8-7-;/t2*7-,8+;;/m10../s1. The molecule has 0 aliphatic rings. The molecule has 0 aliphatic heterocycles. The molecule has 0 unspecified atom stereocenters. The van der Waals surface area contributed by atoms with Crippen molar-refractivity contribution in [3.63, 3.8) is 0 Å². The molecule has 0 saturated heterocycles. The third kappa shape index (κ3) is 13.6. The largest absolute Gasteiger partial charge is 0.241 e. The lowest BCUT2D eigenvalue weighted by Gasteiger charge is -2.16. The second-order valence-corrected chi connectivity index (χ2v) is 16.3. The molecule has 4 atom stereocenters. The van der Waals surface area contributed by atoms with E-state index in [2.05, 4.69) is 29.9 Å². The first-order chi connectivity index (χ1) is 20.5.